The van der Waals surface area contributed by atoms with Gasteiger partial charge < -0.3 is 5.32 Å². The number of anilines is 1. The molecule has 0 saturated heterocycles. The number of rotatable bonds is 6. The molecule has 1 amide bonds. The van der Waals surface area contributed by atoms with Gasteiger partial charge in [-0.05, 0) is 48.7 Å². The summed E-state index contributed by atoms with van der Waals surface area (Å²) in [5, 5.41) is 10.8. The number of halogens is 5. The predicted molar refractivity (Wildman–Crippen MR) is 113 cm³/mol. The van der Waals surface area contributed by atoms with Gasteiger partial charge in [0.1, 0.15) is 12.4 Å². The molecular formula is C21H20BrF4N5O. The maximum atomic E-state index is 14.0. The zero-order chi connectivity index (χ0) is 23.2. The van der Waals surface area contributed by atoms with Gasteiger partial charge in [-0.1, -0.05) is 18.2 Å². The van der Waals surface area contributed by atoms with Crippen LogP contribution in [0.15, 0.2) is 28.7 Å². The molecular weight excluding hydrogens is 494 g/mol. The van der Waals surface area contributed by atoms with Crippen molar-refractivity contribution < 1.29 is 22.4 Å². The average Bonchev–Trinajstić information content (AvgIpc) is 3.44. The van der Waals surface area contributed by atoms with E-state index in [1.165, 1.54) is 6.07 Å². The first kappa shape index (κ1) is 22.5. The molecule has 11 heteroatoms. The van der Waals surface area contributed by atoms with Crippen molar-refractivity contribution in [3.8, 4) is 0 Å². The quantitative estimate of drug-likeness (QED) is 0.461. The second-order valence-corrected chi connectivity index (χ2v) is 8.61. The highest BCUT2D eigenvalue weighted by Gasteiger charge is 2.42. The van der Waals surface area contributed by atoms with Crippen LogP contribution in [0.4, 0.5) is 23.2 Å². The molecule has 1 aromatic carbocycles. The molecule has 4 rings (SSSR count). The molecule has 170 valence electrons. The topological polar surface area (TPSA) is 64.7 Å². The van der Waals surface area contributed by atoms with E-state index < -0.39 is 17.8 Å². The summed E-state index contributed by atoms with van der Waals surface area (Å²) < 4.78 is 56.4. The lowest BCUT2D eigenvalue weighted by Crippen LogP contribution is -2.22. The average molecular weight is 514 g/mol. The molecule has 0 radical (unpaired) electrons. The Balaban J connectivity index is 1.54. The molecule has 6 nitrogen and oxygen atoms in total. The van der Waals surface area contributed by atoms with Crippen LogP contribution in [-0.2, 0) is 24.1 Å². The molecule has 0 atom stereocenters. The fraction of sp³-hybridized carbons (Fsp3) is 0.381. The first-order chi connectivity index (χ1) is 15.1. The van der Waals surface area contributed by atoms with Gasteiger partial charge in [0.05, 0.1) is 33.8 Å². The van der Waals surface area contributed by atoms with Crippen LogP contribution in [0.3, 0.4) is 0 Å². The maximum Gasteiger partial charge on any atom is 0.436 e. The fourth-order valence-corrected chi connectivity index (χ4v) is 4.47. The molecule has 0 spiro atoms. The smallest absolute Gasteiger partial charge is 0.321 e. The highest BCUT2D eigenvalue weighted by atomic mass is 79.9. The number of alkyl halides is 3. The molecule has 32 heavy (non-hydrogen) atoms. The van der Waals surface area contributed by atoms with Crippen LogP contribution in [0.5, 0.6) is 0 Å². The minimum atomic E-state index is -4.62. The Bertz CT molecular complexity index is 1180. The van der Waals surface area contributed by atoms with Crippen LogP contribution >= 0.6 is 15.9 Å². The molecule has 2 aromatic heterocycles. The zero-order valence-electron chi connectivity index (χ0n) is 17.3. The zero-order valence-corrected chi connectivity index (χ0v) is 18.9. The molecule has 1 saturated carbocycles. The van der Waals surface area contributed by atoms with Crippen LogP contribution in [0.2, 0.25) is 0 Å². The predicted octanol–water partition coefficient (Wildman–Crippen LogP) is 5.18. The van der Waals surface area contributed by atoms with Crippen molar-refractivity contribution in [1.82, 2.24) is 19.6 Å². The Morgan fingerprint density at radius 1 is 1.19 bits per heavy atom. The molecule has 0 bridgehead atoms. The molecule has 3 aromatic rings. The van der Waals surface area contributed by atoms with Crippen molar-refractivity contribution in [2.75, 3.05) is 5.32 Å². The van der Waals surface area contributed by atoms with E-state index in [0.29, 0.717) is 28.3 Å². The lowest BCUT2D eigenvalue weighted by atomic mass is 10.2. The van der Waals surface area contributed by atoms with Gasteiger partial charge in [0.25, 0.3) is 0 Å². The van der Waals surface area contributed by atoms with Crippen LogP contribution in [0, 0.1) is 19.7 Å². The fourth-order valence-electron chi connectivity index (χ4n) is 3.64. The number of carbonyl (C=O) groups is 1. The van der Waals surface area contributed by atoms with E-state index in [-0.39, 0.29) is 29.3 Å². The minimum Gasteiger partial charge on any atom is -0.321 e. The normalized spacial score (nSPS) is 14.1. The highest BCUT2D eigenvalue weighted by Crippen LogP contribution is 2.47. The lowest BCUT2D eigenvalue weighted by molar-refractivity contribution is -0.142. The number of benzene rings is 1. The summed E-state index contributed by atoms with van der Waals surface area (Å²) in [4.78, 5) is 12.7. The number of hydrogen-bond donors (Lipinski definition) is 1. The van der Waals surface area contributed by atoms with Gasteiger partial charge in [-0.2, -0.15) is 23.4 Å². The van der Waals surface area contributed by atoms with E-state index in [2.05, 4.69) is 31.4 Å². The van der Waals surface area contributed by atoms with Gasteiger partial charge in [-0.25, -0.2) is 4.39 Å². The Morgan fingerprint density at radius 3 is 2.50 bits per heavy atom. The standard InChI is InChI=1S/C21H20BrF4N5O/c1-11-18(12(2)30(28-11)9-14-5-3-4-6-15(14)23)27-16(32)10-31-19(13-7-8-13)17(22)20(29-31)21(24,25)26/h3-6,13H,7-10H2,1-2H3,(H,27,32). The molecule has 1 aliphatic carbocycles. The molecule has 0 aliphatic heterocycles. The molecule has 1 aliphatic rings. The van der Waals surface area contributed by atoms with Gasteiger partial charge in [0.2, 0.25) is 5.91 Å². The third kappa shape index (κ3) is 4.43. The Morgan fingerprint density at radius 2 is 1.88 bits per heavy atom. The third-order valence-electron chi connectivity index (χ3n) is 5.38. The summed E-state index contributed by atoms with van der Waals surface area (Å²) in [5.74, 6) is -0.928. The molecule has 1 N–H and O–H groups in total. The summed E-state index contributed by atoms with van der Waals surface area (Å²) in [7, 11) is 0. The van der Waals surface area contributed by atoms with Crippen LogP contribution < -0.4 is 5.32 Å². The number of aryl methyl sites for hydroxylation is 1. The van der Waals surface area contributed by atoms with Gasteiger partial charge >= 0.3 is 6.18 Å². The molecule has 1 fully saturated rings. The second kappa shape index (κ2) is 8.34. The molecule has 0 unspecified atom stereocenters. The SMILES string of the molecule is Cc1nn(Cc2ccccc2F)c(C)c1NC(=O)Cn1nc(C(F)(F)F)c(Br)c1C1CC1. The molecule has 2 heterocycles. The van der Waals surface area contributed by atoms with Crippen LogP contribution in [0.25, 0.3) is 0 Å². The van der Waals surface area contributed by atoms with Gasteiger partial charge in [0.15, 0.2) is 5.69 Å². The van der Waals surface area contributed by atoms with Gasteiger partial charge in [-0.3, -0.25) is 14.2 Å². The Hall–Kier alpha value is -2.69. The van der Waals surface area contributed by atoms with Crippen molar-refractivity contribution in [2.24, 2.45) is 0 Å². The Kier molecular flexibility index (Phi) is 5.87. The number of nitrogens with zero attached hydrogens (tertiary/aromatic N) is 4. The van der Waals surface area contributed by atoms with Crippen molar-refractivity contribution in [3.05, 3.63) is 62.9 Å². The summed E-state index contributed by atoms with van der Waals surface area (Å²) in [5.41, 5.74) is 1.38. The maximum absolute atomic E-state index is 14.0. The van der Waals surface area contributed by atoms with E-state index in [0.717, 1.165) is 17.5 Å². The van der Waals surface area contributed by atoms with E-state index in [4.69, 9.17) is 0 Å². The lowest BCUT2D eigenvalue weighted by Gasteiger charge is -2.10. The summed E-state index contributed by atoms with van der Waals surface area (Å²) in [6.07, 6.45) is -3.11. The Labute approximate surface area is 189 Å². The summed E-state index contributed by atoms with van der Waals surface area (Å²) in [6.45, 7) is 3.25. The van der Waals surface area contributed by atoms with Crippen molar-refractivity contribution >= 4 is 27.5 Å². The third-order valence-corrected chi connectivity index (χ3v) is 6.16. The number of carbonyl (C=O) groups excluding carboxylic acids is 1. The van der Waals surface area contributed by atoms with Crippen molar-refractivity contribution in [2.45, 2.75) is 51.9 Å². The number of hydrogen-bond acceptors (Lipinski definition) is 3. The van der Waals surface area contributed by atoms with E-state index in [1.54, 1.807) is 36.7 Å². The van der Waals surface area contributed by atoms with Crippen molar-refractivity contribution in [3.63, 3.8) is 0 Å². The number of amides is 1. The number of nitrogens with one attached hydrogen (secondary N) is 1. The summed E-state index contributed by atoms with van der Waals surface area (Å²) in [6, 6.07) is 6.33. The van der Waals surface area contributed by atoms with E-state index >= 15 is 0 Å². The van der Waals surface area contributed by atoms with Crippen LogP contribution in [-0.4, -0.2) is 25.5 Å². The first-order valence-corrected chi connectivity index (χ1v) is 10.8. The second-order valence-electron chi connectivity index (χ2n) is 7.82. The largest absolute Gasteiger partial charge is 0.436 e. The van der Waals surface area contributed by atoms with Gasteiger partial charge in [0, 0.05) is 11.5 Å². The van der Waals surface area contributed by atoms with E-state index in [9.17, 15) is 22.4 Å². The summed E-state index contributed by atoms with van der Waals surface area (Å²) >= 11 is 3.02. The van der Waals surface area contributed by atoms with Gasteiger partial charge in [-0.15, -0.1) is 0 Å². The highest BCUT2D eigenvalue weighted by molar-refractivity contribution is 9.10. The number of aromatic nitrogens is 4. The van der Waals surface area contributed by atoms with Crippen molar-refractivity contribution in [1.29, 1.82) is 0 Å². The minimum absolute atomic E-state index is 0.0484. The first-order valence-electron chi connectivity index (χ1n) is 9.97. The monoisotopic (exact) mass is 513 g/mol. The van der Waals surface area contributed by atoms with Crippen LogP contribution in [0.1, 0.15) is 47.1 Å². The van der Waals surface area contributed by atoms with E-state index in [1.807, 2.05) is 0 Å².